The van der Waals surface area contributed by atoms with Gasteiger partial charge in [0, 0.05) is 5.39 Å². The van der Waals surface area contributed by atoms with Crippen LogP contribution in [0.1, 0.15) is 31.8 Å². The number of hydrogen-bond acceptors (Lipinski definition) is 5. The Balaban J connectivity index is 1.42. The van der Waals surface area contributed by atoms with Gasteiger partial charge in [0.25, 0.3) is 11.8 Å². The van der Waals surface area contributed by atoms with E-state index in [4.69, 9.17) is 9.47 Å². The Morgan fingerprint density at radius 3 is 2.24 bits per heavy atom. The maximum absolute atomic E-state index is 13.0. The second-order valence-electron chi connectivity index (χ2n) is 7.68. The van der Waals surface area contributed by atoms with Gasteiger partial charge in [-0.05, 0) is 56.7 Å². The Hall–Kier alpha value is -3.97. The fourth-order valence-electron chi connectivity index (χ4n) is 3.93. The zero-order valence-corrected chi connectivity index (χ0v) is 19.8. The molecule has 0 spiro atoms. The van der Waals surface area contributed by atoms with Crippen molar-refractivity contribution < 1.29 is 19.1 Å². The molecule has 7 heteroatoms. The van der Waals surface area contributed by atoms with Crippen LogP contribution in [0.3, 0.4) is 0 Å². The molecular formula is C27H19BrN2O4. The van der Waals surface area contributed by atoms with Crippen LogP contribution in [-0.4, -0.2) is 30.1 Å². The highest BCUT2D eigenvalue weighted by atomic mass is 79.9. The number of methoxy groups -OCH3 is 1. The second kappa shape index (κ2) is 9.11. The van der Waals surface area contributed by atoms with Crippen molar-refractivity contribution in [1.82, 2.24) is 5.01 Å². The molecule has 0 saturated heterocycles. The maximum atomic E-state index is 13.0. The molecule has 2 amide bonds. The monoisotopic (exact) mass is 514 g/mol. The fraction of sp³-hybridized carbons (Fsp3) is 0.0741. The number of halogens is 1. The summed E-state index contributed by atoms with van der Waals surface area (Å²) in [5, 5.41) is 6.64. The van der Waals surface area contributed by atoms with E-state index in [1.807, 2.05) is 42.5 Å². The molecule has 168 valence electrons. The van der Waals surface area contributed by atoms with Gasteiger partial charge in [0.05, 0.1) is 28.9 Å². The van der Waals surface area contributed by atoms with Gasteiger partial charge in [-0.3, -0.25) is 9.59 Å². The molecule has 5 rings (SSSR count). The van der Waals surface area contributed by atoms with Crippen LogP contribution in [0.15, 0.2) is 88.4 Å². The molecular weight excluding hydrogens is 496 g/mol. The molecule has 1 heterocycles. The van der Waals surface area contributed by atoms with Gasteiger partial charge in [0.15, 0.2) is 11.5 Å². The number of imide groups is 1. The van der Waals surface area contributed by atoms with Gasteiger partial charge in [-0.2, -0.15) is 10.1 Å². The van der Waals surface area contributed by atoms with Crippen LogP contribution in [0, 0.1) is 0 Å². The molecule has 0 bridgehead atoms. The Morgan fingerprint density at radius 1 is 0.912 bits per heavy atom. The molecule has 0 saturated carbocycles. The molecule has 4 aromatic rings. The van der Waals surface area contributed by atoms with Gasteiger partial charge >= 0.3 is 0 Å². The summed E-state index contributed by atoms with van der Waals surface area (Å²) < 4.78 is 12.1. The zero-order valence-electron chi connectivity index (χ0n) is 18.2. The van der Waals surface area contributed by atoms with Gasteiger partial charge in [-0.25, -0.2) is 0 Å². The van der Waals surface area contributed by atoms with Crippen LogP contribution in [0.25, 0.3) is 10.8 Å². The quantitative estimate of drug-likeness (QED) is 0.240. The Labute approximate surface area is 204 Å². The molecule has 6 nitrogen and oxygen atoms in total. The number of carbonyl (C=O) groups is 2. The highest BCUT2D eigenvalue weighted by molar-refractivity contribution is 9.10. The first-order chi connectivity index (χ1) is 16.6. The number of ether oxygens (including phenoxy) is 2. The standard InChI is InChI=1S/C27H19BrN2O4/c1-33-23-14-18(13-22(28)25(23)34-16-17-7-3-2-4-8-17)15-29-30-26(31)20-11-5-9-19-10-6-12-21(24(19)20)27(30)32/h2-15H,16H2,1H3/b29-15-. The first kappa shape index (κ1) is 21.9. The number of amides is 2. The first-order valence-corrected chi connectivity index (χ1v) is 11.3. The number of rotatable bonds is 6. The molecule has 1 aliphatic rings. The average molecular weight is 515 g/mol. The lowest BCUT2D eigenvalue weighted by molar-refractivity contribution is 0.0616. The van der Waals surface area contributed by atoms with Gasteiger partial charge in [-0.1, -0.05) is 54.6 Å². The van der Waals surface area contributed by atoms with Crippen LogP contribution < -0.4 is 9.47 Å². The summed E-state index contributed by atoms with van der Waals surface area (Å²) in [4.78, 5) is 26.1. The van der Waals surface area contributed by atoms with Crippen LogP contribution >= 0.6 is 15.9 Å². The predicted octanol–water partition coefficient (Wildman–Crippen LogP) is 5.82. The SMILES string of the molecule is COc1cc(/C=N\N2C(=O)c3cccc4cccc(c34)C2=O)cc(Br)c1OCc1ccccc1. The third kappa shape index (κ3) is 3.95. The highest BCUT2D eigenvalue weighted by Crippen LogP contribution is 2.37. The molecule has 0 aliphatic carbocycles. The lowest BCUT2D eigenvalue weighted by atomic mass is 9.95. The minimum Gasteiger partial charge on any atom is -0.493 e. The summed E-state index contributed by atoms with van der Waals surface area (Å²) >= 11 is 3.53. The molecule has 0 fully saturated rings. The van der Waals surface area contributed by atoms with Crippen LogP contribution in [0.2, 0.25) is 0 Å². The summed E-state index contributed by atoms with van der Waals surface area (Å²) in [6.07, 6.45) is 1.46. The molecule has 1 aliphatic heterocycles. The zero-order chi connectivity index (χ0) is 23.7. The van der Waals surface area contributed by atoms with Gasteiger partial charge in [0.1, 0.15) is 6.61 Å². The lowest BCUT2D eigenvalue weighted by Gasteiger charge is -2.23. The number of carbonyl (C=O) groups excluding carboxylic acids is 2. The number of benzene rings is 4. The van der Waals surface area contributed by atoms with Crippen molar-refractivity contribution in [3.63, 3.8) is 0 Å². The van der Waals surface area contributed by atoms with E-state index >= 15 is 0 Å². The van der Waals surface area contributed by atoms with Crippen molar-refractivity contribution >= 4 is 44.7 Å². The largest absolute Gasteiger partial charge is 0.493 e. The average Bonchev–Trinajstić information content (AvgIpc) is 2.86. The lowest BCUT2D eigenvalue weighted by Crippen LogP contribution is -2.36. The molecule has 0 unspecified atom stereocenters. The summed E-state index contributed by atoms with van der Waals surface area (Å²) in [5.74, 6) is 0.131. The summed E-state index contributed by atoms with van der Waals surface area (Å²) in [5.41, 5.74) is 2.56. The van der Waals surface area contributed by atoms with Crippen LogP contribution in [-0.2, 0) is 6.61 Å². The molecule has 0 atom stereocenters. The summed E-state index contributed by atoms with van der Waals surface area (Å²) in [7, 11) is 1.55. The van der Waals surface area contributed by atoms with Crippen LogP contribution in [0.5, 0.6) is 11.5 Å². The molecule has 0 aromatic heterocycles. The number of hydrogen-bond donors (Lipinski definition) is 0. The topological polar surface area (TPSA) is 68.2 Å². The van der Waals surface area contributed by atoms with Crippen LogP contribution in [0.4, 0.5) is 0 Å². The Kier molecular flexibility index (Phi) is 5.86. The van der Waals surface area contributed by atoms with Crippen molar-refractivity contribution in [2.24, 2.45) is 5.10 Å². The third-order valence-corrected chi connectivity index (χ3v) is 6.14. The molecule has 34 heavy (non-hydrogen) atoms. The summed E-state index contributed by atoms with van der Waals surface area (Å²) in [6.45, 7) is 0.380. The minimum atomic E-state index is -0.459. The van der Waals surface area contributed by atoms with E-state index in [-0.39, 0.29) is 0 Å². The fourth-order valence-corrected chi connectivity index (χ4v) is 4.51. The van der Waals surface area contributed by atoms with Crippen molar-refractivity contribution in [2.75, 3.05) is 7.11 Å². The maximum Gasteiger partial charge on any atom is 0.282 e. The van der Waals surface area contributed by atoms with Crippen molar-refractivity contribution in [2.45, 2.75) is 6.61 Å². The Bertz CT molecular complexity index is 1400. The minimum absolute atomic E-state index is 0.380. The number of hydrazone groups is 1. The van der Waals surface area contributed by atoms with E-state index < -0.39 is 11.8 Å². The highest BCUT2D eigenvalue weighted by Gasteiger charge is 2.32. The van der Waals surface area contributed by atoms with Gasteiger partial charge in [0.2, 0.25) is 0 Å². The van der Waals surface area contributed by atoms with Crippen molar-refractivity contribution in [1.29, 1.82) is 0 Å². The molecule has 4 aromatic carbocycles. The smallest absolute Gasteiger partial charge is 0.282 e. The Morgan fingerprint density at radius 2 is 1.59 bits per heavy atom. The van der Waals surface area contributed by atoms with E-state index in [0.717, 1.165) is 16.0 Å². The van der Waals surface area contributed by atoms with Gasteiger partial charge < -0.3 is 9.47 Å². The second-order valence-corrected chi connectivity index (χ2v) is 8.54. The molecule has 0 radical (unpaired) electrons. The van der Waals surface area contributed by atoms with E-state index in [9.17, 15) is 9.59 Å². The van der Waals surface area contributed by atoms with Crippen molar-refractivity contribution in [3.8, 4) is 11.5 Å². The summed E-state index contributed by atoms with van der Waals surface area (Å²) in [6, 6.07) is 24.1. The predicted molar refractivity (Wildman–Crippen MR) is 134 cm³/mol. The number of nitrogens with zero attached hydrogens (tertiary/aromatic N) is 2. The normalized spacial score (nSPS) is 13.1. The van der Waals surface area contributed by atoms with Gasteiger partial charge in [-0.15, -0.1) is 0 Å². The van der Waals surface area contributed by atoms with E-state index in [1.165, 1.54) is 6.21 Å². The first-order valence-electron chi connectivity index (χ1n) is 10.6. The van der Waals surface area contributed by atoms with E-state index in [2.05, 4.69) is 21.0 Å². The third-order valence-electron chi connectivity index (χ3n) is 5.55. The van der Waals surface area contributed by atoms with Crippen molar-refractivity contribution in [3.05, 3.63) is 106 Å². The van der Waals surface area contributed by atoms with E-state index in [1.54, 1.807) is 43.5 Å². The van der Waals surface area contributed by atoms with E-state index in [0.29, 0.717) is 44.7 Å². The molecule has 0 N–H and O–H groups in total.